The molecule has 0 amide bonds. The summed E-state index contributed by atoms with van der Waals surface area (Å²) in [6.07, 6.45) is 0. The lowest BCUT2D eigenvalue weighted by Gasteiger charge is -2.33. The van der Waals surface area contributed by atoms with Gasteiger partial charge in [0, 0.05) is 10.3 Å². The van der Waals surface area contributed by atoms with Gasteiger partial charge in [0.15, 0.2) is 10.9 Å². The Bertz CT molecular complexity index is 946. The summed E-state index contributed by atoms with van der Waals surface area (Å²) >= 11 is 1.37. The lowest BCUT2D eigenvalue weighted by Crippen LogP contribution is -2.41. The standard InChI is InChI=1S/C17H16FN2O4PS/c1-17(2,24-25(21)22)20(12-6-4-11(18)5-7-12)16-19-14-9-8-13(23-3)10-15(14)26-16/h4-10H,1-3H3/p+1. The summed E-state index contributed by atoms with van der Waals surface area (Å²) in [6, 6.07) is 11.3. The Labute approximate surface area is 154 Å². The molecule has 0 spiro atoms. The number of ether oxygens (including phenoxy) is 1. The van der Waals surface area contributed by atoms with E-state index in [2.05, 4.69) is 4.98 Å². The zero-order valence-corrected chi connectivity index (χ0v) is 16.1. The molecule has 0 aliphatic carbocycles. The minimum absolute atomic E-state index is 0.380. The predicted molar refractivity (Wildman–Crippen MR) is 99.7 cm³/mol. The number of methoxy groups -OCH3 is 1. The lowest BCUT2D eigenvalue weighted by atomic mass is 10.2. The number of thiazole rings is 1. The molecule has 0 bridgehead atoms. The maximum atomic E-state index is 13.3. The average Bonchev–Trinajstić information content (AvgIpc) is 2.97. The number of benzene rings is 2. The molecule has 3 rings (SSSR count). The van der Waals surface area contributed by atoms with Gasteiger partial charge in [0.05, 0.1) is 17.3 Å². The molecule has 0 fully saturated rings. The van der Waals surface area contributed by atoms with Crippen LogP contribution in [0.1, 0.15) is 13.8 Å². The molecule has 6 nitrogen and oxygen atoms in total. The minimum Gasteiger partial charge on any atom is -0.497 e. The summed E-state index contributed by atoms with van der Waals surface area (Å²) in [6.45, 7) is 3.29. The second-order valence-corrected chi connectivity index (χ2v) is 7.59. The van der Waals surface area contributed by atoms with Gasteiger partial charge in [-0.05, 0) is 56.3 Å². The van der Waals surface area contributed by atoms with Crippen molar-refractivity contribution in [3.05, 3.63) is 48.3 Å². The van der Waals surface area contributed by atoms with Gasteiger partial charge in [-0.2, -0.15) is 0 Å². The first-order valence-corrected chi connectivity index (χ1v) is 9.60. The van der Waals surface area contributed by atoms with Crippen molar-refractivity contribution in [1.82, 2.24) is 4.98 Å². The third-order valence-corrected chi connectivity index (χ3v) is 5.31. The van der Waals surface area contributed by atoms with Crippen molar-refractivity contribution in [2.24, 2.45) is 0 Å². The molecule has 0 saturated carbocycles. The number of hydrogen-bond donors (Lipinski definition) is 1. The lowest BCUT2D eigenvalue weighted by molar-refractivity contribution is 0.110. The van der Waals surface area contributed by atoms with E-state index >= 15 is 0 Å². The number of halogens is 1. The Morgan fingerprint density at radius 1 is 1.23 bits per heavy atom. The van der Waals surface area contributed by atoms with Crippen LogP contribution in [0.15, 0.2) is 42.5 Å². The van der Waals surface area contributed by atoms with Crippen molar-refractivity contribution in [3.63, 3.8) is 0 Å². The smallest absolute Gasteiger partial charge is 0.497 e. The van der Waals surface area contributed by atoms with Crippen molar-refractivity contribution < 1.29 is 23.1 Å². The van der Waals surface area contributed by atoms with E-state index in [1.807, 2.05) is 12.1 Å². The Morgan fingerprint density at radius 3 is 2.54 bits per heavy atom. The highest BCUT2D eigenvalue weighted by Crippen LogP contribution is 2.42. The maximum Gasteiger partial charge on any atom is 0.697 e. The fourth-order valence-electron chi connectivity index (χ4n) is 2.59. The van der Waals surface area contributed by atoms with Crippen LogP contribution in [0.4, 0.5) is 15.2 Å². The minimum atomic E-state index is -2.85. The van der Waals surface area contributed by atoms with Crippen LogP contribution in [0.25, 0.3) is 10.2 Å². The van der Waals surface area contributed by atoms with E-state index in [9.17, 15) is 13.8 Å². The number of nitrogens with zero attached hydrogens (tertiary/aromatic N) is 2. The van der Waals surface area contributed by atoms with Gasteiger partial charge in [-0.3, -0.25) is 4.90 Å². The molecule has 0 saturated heterocycles. The van der Waals surface area contributed by atoms with Crippen molar-refractivity contribution in [2.45, 2.75) is 19.6 Å². The second-order valence-electron chi connectivity index (χ2n) is 5.92. The van der Waals surface area contributed by atoms with Gasteiger partial charge in [-0.15, -0.1) is 4.89 Å². The first kappa shape index (κ1) is 18.7. The molecule has 0 aliphatic heterocycles. The maximum absolute atomic E-state index is 13.3. The van der Waals surface area contributed by atoms with Crippen LogP contribution in [0, 0.1) is 5.82 Å². The topological polar surface area (TPSA) is 71.9 Å². The average molecular weight is 395 g/mol. The Balaban J connectivity index is 2.13. The number of rotatable bonds is 6. The highest BCUT2D eigenvalue weighted by Gasteiger charge is 2.40. The van der Waals surface area contributed by atoms with Crippen molar-refractivity contribution >= 4 is 40.6 Å². The quantitative estimate of drug-likeness (QED) is 0.469. The zero-order valence-electron chi connectivity index (χ0n) is 14.3. The largest absolute Gasteiger partial charge is 0.697 e. The van der Waals surface area contributed by atoms with Crippen LogP contribution in [-0.4, -0.2) is 22.7 Å². The monoisotopic (exact) mass is 395 g/mol. The van der Waals surface area contributed by atoms with Crippen LogP contribution in [-0.2, 0) is 9.09 Å². The van der Waals surface area contributed by atoms with Gasteiger partial charge in [0.1, 0.15) is 11.6 Å². The van der Waals surface area contributed by atoms with Crippen LogP contribution in [0.3, 0.4) is 0 Å². The Kier molecular flexibility index (Phi) is 5.20. The van der Waals surface area contributed by atoms with E-state index in [1.54, 1.807) is 44.1 Å². The summed E-state index contributed by atoms with van der Waals surface area (Å²) in [5.74, 6) is 0.324. The van der Waals surface area contributed by atoms with Crippen LogP contribution in [0.5, 0.6) is 5.75 Å². The van der Waals surface area contributed by atoms with Gasteiger partial charge in [0.2, 0.25) is 0 Å². The molecule has 1 aromatic heterocycles. The molecule has 26 heavy (non-hydrogen) atoms. The third-order valence-electron chi connectivity index (χ3n) is 3.70. The predicted octanol–water partition coefficient (Wildman–Crippen LogP) is 4.98. The van der Waals surface area contributed by atoms with Crippen molar-refractivity contribution in [1.29, 1.82) is 0 Å². The second kappa shape index (κ2) is 7.25. The fraction of sp³-hybridized carbons (Fsp3) is 0.235. The normalized spacial score (nSPS) is 12.3. The molecule has 0 aliphatic rings. The molecule has 3 aromatic rings. The van der Waals surface area contributed by atoms with E-state index < -0.39 is 14.0 Å². The van der Waals surface area contributed by atoms with E-state index in [0.717, 1.165) is 10.2 Å². The molecule has 136 valence electrons. The number of fused-ring (bicyclic) bond motifs is 1. The van der Waals surface area contributed by atoms with Gasteiger partial charge < -0.3 is 4.74 Å². The van der Waals surface area contributed by atoms with Crippen LogP contribution >= 0.6 is 19.6 Å². The highest BCUT2D eigenvalue weighted by molar-refractivity contribution is 7.32. The molecular weight excluding hydrogens is 378 g/mol. The Hall–Kier alpha value is -2.12. The summed E-state index contributed by atoms with van der Waals surface area (Å²) in [5.41, 5.74) is 0.138. The van der Waals surface area contributed by atoms with Gasteiger partial charge in [0.25, 0.3) is 0 Å². The van der Waals surface area contributed by atoms with Crippen molar-refractivity contribution in [2.75, 3.05) is 12.0 Å². The first-order chi connectivity index (χ1) is 12.3. The van der Waals surface area contributed by atoms with Gasteiger partial charge in [-0.25, -0.2) is 9.37 Å². The van der Waals surface area contributed by atoms with Crippen molar-refractivity contribution in [3.8, 4) is 5.75 Å². The summed E-state index contributed by atoms with van der Waals surface area (Å²) < 4.78 is 36.0. The number of anilines is 2. The van der Waals surface area contributed by atoms with Gasteiger partial charge >= 0.3 is 8.25 Å². The van der Waals surface area contributed by atoms with E-state index in [-0.39, 0.29) is 5.82 Å². The van der Waals surface area contributed by atoms with Crippen LogP contribution < -0.4 is 9.64 Å². The van der Waals surface area contributed by atoms with Crippen LogP contribution in [0.2, 0.25) is 0 Å². The van der Waals surface area contributed by atoms with E-state index in [0.29, 0.717) is 16.6 Å². The van der Waals surface area contributed by atoms with E-state index in [1.165, 1.54) is 23.5 Å². The first-order valence-electron chi connectivity index (χ1n) is 7.66. The van der Waals surface area contributed by atoms with E-state index in [4.69, 9.17) is 9.26 Å². The molecule has 1 unspecified atom stereocenters. The summed E-state index contributed by atoms with van der Waals surface area (Å²) in [7, 11) is -1.26. The molecule has 1 atom stereocenters. The van der Waals surface area contributed by atoms with Gasteiger partial charge in [-0.1, -0.05) is 15.9 Å². The molecule has 2 aromatic carbocycles. The fourth-order valence-corrected chi connectivity index (χ4v) is 4.20. The number of aromatic nitrogens is 1. The Morgan fingerprint density at radius 2 is 1.92 bits per heavy atom. The SMILES string of the molecule is COc1ccc2nc(N(c3ccc(F)cc3)C(C)(C)O[P+](=O)O)sc2c1. The summed E-state index contributed by atoms with van der Waals surface area (Å²) in [4.78, 5) is 15.5. The third kappa shape index (κ3) is 3.83. The number of hydrogen-bond acceptors (Lipinski definition) is 6. The molecule has 1 heterocycles. The molecule has 0 radical (unpaired) electrons. The molecule has 9 heteroatoms. The molecule has 1 N–H and O–H groups in total. The zero-order chi connectivity index (χ0) is 18.9. The molecular formula is C17H17FN2O4PS+. The highest BCUT2D eigenvalue weighted by atomic mass is 32.1. The summed E-state index contributed by atoms with van der Waals surface area (Å²) in [5, 5.41) is 0.543.